The molecule has 0 fully saturated rings. The summed E-state index contributed by atoms with van der Waals surface area (Å²) in [6, 6.07) is 8.91. The number of carbonyl (C=O) groups is 1. The van der Waals surface area contributed by atoms with Crippen LogP contribution >= 0.6 is 23.2 Å². The Morgan fingerprint density at radius 1 is 1.30 bits per heavy atom. The minimum Gasteiger partial charge on any atom is -0.493 e. The van der Waals surface area contributed by atoms with Crippen molar-refractivity contribution < 1.29 is 13.9 Å². The van der Waals surface area contributed by atoms with E-state index in [9.17, 15) is 4.79 Å². The number of ether oxygens (including phenoxy) is 1. The van der Waals surface area contributed by atoms with Gasteiger partial charge in [0.25, 0.3) is 0 Å². The summed E-state index contributed by atoms with van der Waals surface area (Å²) in [5.41, 5.74) is 3.84. The number of anilines is 1. The first kappa shape index (κ1) is 19.3. The summed E-state index contributed by atoms with van der Waals surface area (Å²) in [5, 5.41) is 4.43. The molecular weight excluding hydrogens is 385 g/mol. The van der Waals surface area contributed by atoms with Crippen molar-refractivity contribution in [1.29, 1.82) is 0 Å². The van der Waals surface area contributed by atoms with Gasteiger partial charge in [-0.25, -0.2) is 0 Å². The third kappa shape index (κ3) is 4.12. The minimum absolute atomic E-state index is 0.303. The Hall–Kier alpha value is -2.43. The van der Waals surface area contributed by atoms with Crippen molar-refractivity contribution in [3.05, 3.63) is 63.8 Å². The summed E-state index contributed by atoms with van der Waals surface area (Å²) in [7, 11) is 0. The molecule has 3 aromatic rings. The second kappa shape index (κ2) is 8.07. The molecule has 1 amide bonds. The molecule has 1 heterocycles. The molecule has 4 nitrogen and oxygen atoms in total. The molecule has 2 aromatic carbocycles. The van der Waals surface area contributed by atoms with Crippen molar-refractivity contribution in [2.24, 2.45) is 0 Å². The van der Waals surface area contributed by atoms with Gasteiger partial charge >= 0.3 is 0 Å². The van der Waals surface area contributed by atoms with Gasteiger partial charge in [0, 0.05) is 23.1 Å². The number of nitrogens with one attached hydrogen (secondary N) is 1. The number of fused-ring (bicyclic) bond motifs is 1. The summed E-state index contributed by atoms with van der Waals surface area (Å²) in [6.45, 7) is 6.26. The van der Waals surface area contributed by atoms with Gasteiger partial charge < -0.3 is 14.5 Å². The van der Waals surface area contributed by atoms with Crippen molar-refractivity contribution in [2.75, 3.05) is 11.9 Å². The van der Waals surface area contributed by atoms with Crippen LogP contribution in [-0.2, 0) is 4.79 Å². The zero-order valence-corrected chi connectivity index (χ0v) is 16.7. The van der Waals surface area contributed by atoms with E-state index in [1.165, 1.54) is 6.08 Å². The van der Waals surface area contributed by atoms with E-state index < -0.39 is 0 Å². The summed E-state index contributed by atoms with van der Waals surface area (Å²) in [6.07, 6.45) is 3.22. The molecule has 0 bridgehead atoms. The molecule has 140 valence electrons. The summed E-state index contributed by atoms with van der Waals surface area (Å²) >= 11 is 12.1. The van der Waals surface area contributed by atoms with Crippen molar-refractivity contribution in [3.63, 3.8) is 0 Å². The lowest BCUT2D eigenvalue weighted by Gasteiger charge is -2.12. The van der Waals surface area contributed by atoms with Gasteiger partial charge in [0.2, 0.25) is 5.91 Å². The summed E-state index contributed by atoms with van der Waals surface area (Å²) in [4.78, 5) is 12.5. The van der Waals surface area contributed by atoms with Crippen LogP contribution in [0, 0.1) is 6.92 Å². The minimum atomic E-state index is -0.303. The van der Waals surface area contributed by atoms with E-state index >= 15 is 0 Å². The van der Waals surface area contributed by atoms with E-state index in [0.29, 0.717) is 28.1 Å². The zero-order valence-electron chi connectivity index (χ0n) is 15.2. The van der Waals surface area contributed by atoms with Gasteiger partial charge in [0.15, 0.2) is 0 Å². The molecule has 1 N–H and O–H groups in total. The first-order valence-corrected chi connectivity index (χ1v) is 9.24. The topological polar surface area (TPSA) is 51.5 Å². The van der Waals surface area contributed by atoms with Gasteiger partial charge in [-0.3, -0.25) is 4.79 Å². The Kier molecular flexibility index (Phi) is 5.78. The maximum atomic E-state index is 12.5. The van der Waals surface area contributed by atoms with Gasteiger partial charge in [-0.1, -0.05) is 29.3 Å². The number of aryl methyl sites for hydroxylation is 1. The van der Waals surface area contributed by atoms with Crippen LogP contribution in [0.15, 0.2) is 47.1 Å². The molecule has 6 heteroatoms. The maximum Gasteiger partial charge on any atom is 0.248 e. The van der Waals surface area contributed by atoms with E-state index in [-0.39, 0.29) is 5.91 Å². The molecule has 0 unspecified atom stereocenters. The third-order valence-corrected chi connectivity index (χ3v) is 4.97. The number of amides is 1. The second-order valence-corrected chi connectivity index (χ2v) is 6.90. The van der Waals surface area contributed by atoms with E-state index in [2.05, 4.69) is 5.32 Å². The van der Waals surface area contributed by atoms with E-state index in [0.717, 1.165) is 27.7 Å². The van der Waals surface area contributed by atoms with Crippen LogP contribution in [0.1, 0.15) is 25.0 Å². The largest absolute Gasteiger partial charge is 0.493 e. The number of benzene rings is 2. The molecule has 0 radical (unpaired) electrons. The van der Waals surface area contributed by atoms with Crippen LogP contribution in [0.5, 0.6) is 5.75 Å². The maximum absolute atomic E-state index is 12.5. The number of hydrogen-bond donors (Lipinski definition) is 1. The van der Waals surface area contributed by atoms with Gasteiger partial charge in [-0.05, 0) is 50.1 Å². The SMILES string of the molecule is CCOc1cc2occ(C)c2cc1/C(C)=C/C(=O)Nc1cccc(Cl)c1Cl. The van der Waals surface area contributed by atoms with Crippen LogP contribution in [0.3, 0.4) is 0 Å². The number of halogens is 2. The van der Waals surface area contributed by atoms with Crippen molar-refractivity contribution in [1.82, 2.24) is 0 Å². The van der Waals surface area contributed by atoms with Crippen LogP contribution in [0.25, 0.3) is 16.5 Å². The fourth-order valence-corrected chi connectivity index (χ4v) is 3.16. The lowest BCUT2D eigenvalue weighted by Crippen LogP contribution is -2.09. The van der Waals surface area contributed by atoms with Crippen molar-refractivity contribution in [2.45, 2.75) is 20.8 Å². The van der Waals surface area contributed by atoms with E-state index in [4.69, 9.17) is 32.4 Å². The summed E-state index contributed by atoms with van der Waals surface area (Å²) in [5.74, 6) is 0.366. The highest BCUT2D eigenvalue weighted by Crippen LogP contribution is 2.34. The first-order chi connectivity index (χ1) is 12.9. The van der Waals surface area contributed by atoms with Crippen molar-refractivity contribution >= 4 is 51.3 Å². The van der Waals surface area contributed by atoms with Crippen molar-refractivity contribution in [3.8, 4) is 5.75 Å². The smallest absolute Gasteiger partial charge is 0.248 e. The van der Waals surface area contributed by atoms with E-state index in [1.807, 2.05) is 32.9 Å². The highest BCUT2D eigenvalue weighted by atomic mass is 35.5. The molecule has 0 spiro atoms. The molecule has 0 aliphatic rings. The summed E-state index contributed by atoms with van der Waals surface area (Å²) < 4.78 is 11.3. The molecule has 3 rings (SSSR count). The van der Waals surface area contributed by atoms with E-state index in [1.54, 1.807) is 24.5 Å². The number of carbonyl (C=O) groups excluding carboxylic acids is 1. The first-order valence-electron chi connectivity index (χ1n) is 8.49. The van der Waals surface area contributed by atoms with Gasteiger partial charge in [-0.2, -0.15) is 0 Å². The zero-order chi connectivity index (χ0) is 19.6. The fourth-order valence-electron chi connectivity index (χ4n) is 2.81. The Labute approximate surface area is 167 Å². The van der Waals surface area contributed by atoms with Gasteiger partial charge in [0.1, 0.15) is 11.3 Å². The monoisotopic (exact) mass is 403 g/mol. The molecule has 0 aliphatic carbocycles. The predicted molar refractivity (Wildman–Crippen MR) is 111 cm³/mol. The average Bonchev–Trinajstić information content (AvgIpc) is 2.98. The fraction of sp³-hybridized carbons (Fsp3) is 0.190. The molecule has 0 saturated carbocycles. The third-order valence-electron chi connectivity index (χ3n) is 4.15. The molecular formula is C21H19Cl2NO3. The van der Waals surface area contributed by atoms with Crippen LogP contribution < -0.4 is 10.1 Å². The average molecular weight is 404 g/mol. The highest BCUT2D eigenvalue weighted by Gasteiger charge is 2.13. The standard InChI is InChI=1S/C21H19Cl2NO3/c1-4-26-18-10-19-15(13(3)11-27-19)9-14(18)12(2)8-20(25)24-17-7-5-6-16(22)21(17)23/h5-11H,4H2,1-3H3,(H,24,25)/b12-8+. The molecule has 1 aromatic heterocycles. The van der Waals surface area contributed by atoms with Crippen LogP contribution in [0.4, 0.5) is 5.69 Å². The highest BCUT2D eigenvalue weighted by molar-refractivity contribution is 6.44. The molecule has 0 saturated heterocycles. The Morgan fingerprint density at radius 2 is 2.07 bits per heavy atom. The number of hydrogen-bond acceptors (Lipinski definition) is 3. The second-order valence-electron chi connectivity index (χ2n) is 6.11. The number of furan rings is 1. The normalized spacial score (nSPS) is 11.7. The quantitative estimate of drug-likeness (QED) is 0.495. The molecule has 27 heavy (non-hydrogen) atoms. The lowest BCUT2D eigenvalue weighted by molar-refractivity contribution is -0.111. The Balaban J connectivity index is 1.94. The van der Waals surface area contributed by atoms with Crippen LogP contribution in [0.2, 0.25) is 10.0 Å². The number of allylic oxidation sites excluding steroid dienone is 1. The lowest BCUT2D eigenvalue weighted by atomic mass is 10.0. The van der Waals surface area contributed by atoms with Gasteiger partial charge in [0.05, 0.1) is 28.6 Å². The van der Waals surface area contributed by atoms with Gasteiger partial charge in [-0.15, -0.1) is 0 Å². The Bertz CT molecular complexity index is 1040. The Morgan fingerprint density at radius 3 is 2.81 bits per heavy atom. The molecule has 0 aliphatic heterocycles. The van der Waals surface area contributed by atoms with Crippen LogP contribution in [-0.4, -0.2) is 12.5 Å². The number of rotatable bonds is 5. The molecule has 0 atom stereocenters. The predicted octanol–water partition coefficient (Wildman–Crippen LogP) is 6.49.